The van der Waals surface area contributed by atoms with Gasteiger partial charge in [-0.25, -0.2) is 4.98 Å². The molecule has 0 N–H and O–H groups in total. The Morgan fingerprint density at radius 2 is 0.962 bits per heavy atom. The third-order valence-electron chi connectivity index (χ3n) is 11.9. The predicted octanol–water partition coefficient (Wildman–Crippen LogP) is 12.4. The monoisotopic (exact) mass is 676 g/mol. The van der Waals surface area contributed by atoms with Gasteiger partial charge in [0.1, 0.15) is 0 Å². The highest BCUT2D eigenvalue weighted by atomic mass is 15.1. The summed E-state index contributed by atoms with van der Waals surface area (Å²) in [6, 6.07) is 55.2. The molecule has 1 aliphatic rings. The Bertz CT molecular complexity index is 3340. The van der Waals surface area contributed by atoms with E-state index < -0.39 is 0 Å². The van der Waals surface area contributed by atoms with E-state index >= 15 is 0 Å². The van der Waals surface area contributed by atoms with Crippen LogP contribution in [0.3, 0.4) is 0 Å². The Kier molecular flexibility index (Phi) is 5.54. The van der Waals surface area contributed by atoms with Gasteiger partial charge in [0.25, 0.3) is 0 Å². The van der Waals surface area contributed by atoms with Crippen LogP contribution < -0.4 is 0 Å². The van der Waals surface area contributed by atoms with E-state index in [0.717, 1.165) is 44.3 Å². The van der Waals surface area contributed by atoms with Crippen molar-refractivity contribution < 1.29 is 0 Å². The normalized spacial score (nSPS) is 13.6. The van der Waals surface area contributed by atoms with Gasteiger partial charge < -0.3 is 4.57 Å². The van der Waals surface area contributed by atoms with Crippen LogP contribution in [0.1, 0.15) is 25.0 Å². The van der Waals surface area contributed by atoms with Gasteiger partial charge in [-0.2, -0.15) is 0 Å². The SMILES string of the molecule is CC1(C)c2ccccc2-c2ccc(-n3c4ccccc4c4ccc5c6ccccc6n(-c6cnc7c8ccccc8c8ccccc8c7n6)c5c43)cc21. The quantitative estimate of drug-likeness (QED) is 0.171. The van der Waals surface area contributed by atoms with Gasteiger partial charge in [0, 0.05) is 43.4 Å². The van der Waals surface area contributed by atoms with Gasteiger partial charge in [0.05, 0.1) is 39.3 Å². The first kappa shape index (κ1) is 28.9. The fourth-order valence-corrected chi connectivity index (χ4v) is 9.56. The second kappa shape index (κ2) is 10.2. The fourth-order valence-electron chi connectivity index (χ4n) is 9.56. The summed E-state index contributed by atoms with van der Waals surface area (Å²) in [5.41, 5.74) is 12.8. The van der Waals surface area contributed by atoms with Crippen LogP contribution in [0.4, 0.5) is 0 Å². The Hall–Kier alpha value is -6.78. The summed E-state index contributed by atoms with van der Waals surface area (Å²) in [5, 5.41) is 9.43. The summed E-state index contributed by atoms with van der Waals surface area (Å²) in [5.74, 6) is 0.805. The summed E-state index contributed by atoms with van der Waals surface area (Å²) in [6.07, 6.45) is 1.97. The van der Waals surface area contributed by atoms with E-state index in [-0.39, 0.29) is 5.41 Å². The van der Waals surface area contributed by atoms with Crippen LogP contribution in [0, 0.1) is 0 Å². The molecule has 3 heterocycles. The lowest BCUT2D eigenvalue weighted by Gasteiger charge is -2.22. The number of aromatic nitrogens is 4. The van der Waals surface area contributed by atoms with E-state index in [9.17, 15) is 0 Å². The maximum atomic E-state index is 5.54. The minimum Gasteiger partial charge on any atom is -0.307 e. The van der Waals surface area contributed by atoms with Crippen LogP contribution >= 0.6 is 0 Å². The lowest BCUT2D eigenvalue weighted by atomic mass is 9.82. The van der Waals surface area contributed by atoms with E-state index in [2.05, 4.69) is 175 Å². The summed E-state index contributed by atoms with van der Waals surface area (Å²) in [4.78, 5) is 10.8. The highest BCUT2D eigenvalue weighted by molar-refractivity contribution is 6.25. The minimum atomic E-state index is -0.113. The Balaban J connectivity index is 1.22. The number of fused-ring (bicyclic) bond motifs is 16. The molecule has 11 aromatic rings. The van der Waals surface area contributed by atoms with Crippen LogP contribution in [-0.2, 0) is 5.41 Å². The third kappa shape index (κ3) is 3.69. The van der Waals surface area contributed by atoms with Gasteiger partial charge >= 0.3 is 0 Å². The van der Waals surface area contributed by atoms with Gasteiger partial charge in [-0.1, -0.05) is 141 Å². The van der Waals surface area contributed by atoms with E-state index in [4.69, 9.17) is 9.97 Å². The number of hydrogen-bond acceptors (Lipinski definition) is 2. The topological polar surface area (TPSA) is 35.6 Å². The Labute approximate surface area is 305 Å². The third-order valence-corrected chi connectivity index (χ3v) is 11.9. The average molecular weight is 677 g/mol. The van der Waals surface area contributed by atoms with Crippen molar-refractivity contribution in [3.63, 3.8) is 0 Å². The molecular formula is C49H32N4. The van der Waals surface area contributed by atoms with Gasteiger partial charge in [-0.15, -0.1) is 0 Å². The molecule has 8 aromatic carbocycles. The van der Waals surface area contributed by atoms with Crippen LogP contribution in [0.5, 0.6) is 0 Å². The van der Waals surface area contributed by atoms with Crippen molar-refractivity contribution in [1.29, 1.82) is 0 Å². The zero-order chi connectivity index (χ0) is 35.0. The number of benzene rings is 8. The average Bonchev–Trinajstić information content (AvgIpc) is 3.81. The zero-order valence-electron chi connectivity index (χ0n) is 29.3. The molecule has 0 bridgehead atoms. The molecule has 0 fully saturated rings. The molecule has 4 heteroatoms. The van der Waals surface area contributed by atoms with Crippen molar-refractivity contribution >= 4 is 76.2 Å². The van der Waals surface area contributed by atoms with Crippen LogP contribution in [-0.4, -0.2) is 19.1 Å². The van der Waals surface area contributed by atoms with Crippen molar-refractivity contribution in [2.24, 2.45) is 0 Å². The first-order valence-corrected chi connectivity index (χ1v) is 18.3. The zero-order valence-corrected chi connectivity index (χ0v) is 29.3. The first-order chi connectivity index (χ1) is 26.1. The van der Waals surface area contributed by atoms with Gasteiger partial charge in [0.2, 0.25) is 0 Å². The number of hydrogen-bond donors (Lipinski definition) is 0. The van der Waals surface area contributed by atoms with Crippen molar-refractivity contribution in [2.75, 3.05) is 0 Å². The van der Waals surface area contributed by atoms with Crippen molar-refractivity contribution in [1.82, 2.24) is 19.1 Å². The second-order valence-corrected chi connectivity index (χ2v) is 15.0. The van der Waals surface area contributed by atoms with Crippen molar-refractivity contribution in [3.05, 3.63) is 169 Å². The second-order valence-electron chi connectivity index (χ2n) is 15.0. The number of nitrogens with zero attached hydrogens (tertiary/aromatic N) is 4. The minimum absolute atomic E-state index is 0.113. The van der Waals surface area contributed by atoms with Crippen LogP contribution in [0.2, 0.25) is 0 Å². The molecule has 0 aliphatic heterocycles. The summed E-state index contributed by atoms with van der Waals surface area (Å²) in [7, 11) is 0. The Morgan fingerprint density at radius 1 is 0.434 bits per heavy atom. The molecule has 12 rings (SSSR count). The molecule has 3 aromatic heterocycles. The van der Waals surface area contributed by atoms with Crippen LogP contribution in [0.15, 0.2) is 158 Å². The maximum Gasteiger partial charge on any atom is 0.157 e. The Morgan fingerprint density at radius 3 is 1.66 bits per heavy atom. The van der Waals surface area contributed by atoms with Crippen molar-refractivity contribution in [2.45, 2.75) is 19.3 Å². The van der Waals surface area contributed by atoms with Crippen molar-refractivity contribution in [3.8, 4) is 22.6 Å². The summed E-state index contributed by atoms with van der Waals surface area (Å²) >= 11 is 0. The molecule has 1 aliphatic carbocycles. The molecule has 0 amide bonds. The summed E-state index contributed by atoms with van der Waals surface area (Å²) in [6.45, 7) is 4.71. The van der Waals surface area contributed by atoms with E-state index in [1.54, 1.807) is 0 Å². The molecule has 53 heavy (non-hydrogen) atoms. The standard InChI is InChI=1S/C49H32N4/c1-49(2)40-20-10-7-15-32(40)33-24-23-29(27-41(33)49)52-42-21-11-8-16-34(42)38-25-26-39-35-17-9-12-22-43(35)53(48(39)47(38)52)44-28-50-45-36-18-5-3-13-30(36)31-14-4-6-19-37(31)46(45)51-44/h3-28H,1-2H3. The lowest BCUT2D eigenvalue weighted by molar-refractivity contribution is 0.660. The molecule has 0 radical (unpaired) electrons. The fraction of sp³-hybridized carbons (Fsp3) is 0.0612. The lowest BCUT2D eigenvalue weighted by Crippen LogP contribution is -2.15. The summed E-state index contributed by atoms with van der Waals surface area (Å²) < 4.78 is 4.84. The van der Waals surface area contributed by atoms with E-state index in [1.807, 2.05) is 6.20 Å². The molecule has 0 saturated heterocycles. The smallest absolute Gasteiger partial charge is 0.157 e. The number of para-hydroxylation sites is 2. The molecule has 4 nitrogen and oxygen atoms in total. The first-order valence-electron chi connectivity index (χ1n) is 18.3. The maximum absolute atomic E-state index is 5.54. The van der Waals surface area contributed by atoms with Crippen LogP contribution in [0.25, 0.3) is 98.8 Å². The highest BCUT2D eigenvalue weighted by Crippen LogP contribution is 2.50. The van der Waals surface area contributed by atoms with E-state index in [0.29, 0.717) is 0 Å². The van der Waals surface area contributed by atoms with E-state index in [1.165, 1.54) is 65.6 Å². The molecule has 0 unspecified atom stereocenters. The van der Waals surface area contributed by atoms with Gasteiger partial charge in [-0.05, 0) is 57.3 Å². The molecule has 0 spiro atoms. The predicted molar refractivity (Wildman–Crippen MR) is 221 cm³/mol. The van der Waals surface area contributed by atoms with Gasteiger partial charge in [0.15, 0.2) is 5.82 Å². The molecule has 248 valence electrons. The molecule has 0 saturated carbocycles. The van der Waals surface area contributed by atoms with Gasteiger partial charge in [-0.3, -0.25) is 9.55 Å². The molecule has 0 atom stereocenters. The largest absolute Gasteiger partial charge is 0.307 e. The number of rotatable bonds is 2. The molecular weight excluding hydrogens is 645 g/mol. The highest BCUT2D eigenvalue weighted by Gasteiger charge is 2.35.